The van der Waals surface area contributed by atoms with Gasteiger partial charge in [0, 0.05) is 27.1 Å². The van der Waals surface area contributed by atoms with Gasteiger partial charge in [0.05, 0.1) is 0 Å². The van der Waals surface area contributed by atoms with Crippen molar-refractivity contribution in [1.82, 2.24) is 4.90 Å². The van der Waals surface area contributed by atoms with Gasteiger partial charge >= 0.3 is 0 Å². The van der Waals surface area contributed by atoms with Crippen molar-refractivity contribution in [2.24, 2.45) is 0 Å². The number of ether oxygens (including phenoxy) is 1. The zero-order chi connectivity index (χ0) is 6.85. The molecule has 1 aliphatic heterocycles. The maximum atomic E-state index is 10.9. The fraction of sp³-hybridized carbons (Fsp3) is 0.667. The minimum absolute atomic E-state index is 0.0532. The van der Waals surface area contributed by atoms with E-state index in [1.807, 2.05) is 6.42 Å². The van der Waals surface area contributed by atoms with Gasteiger partial charge in [0.1, 0.15) is 6.10 Å². The number of hydrogen-bond donors (Lipinski definition) is 0. The molecule has 1 heterocycles. The minimum atomic E-state index is -0.296. The Morgan fingerprint density at radius 1 is 1.89 bits per heavy atom. The van der Waals surface area contributed by atoms with E-state index in [0.29, 0.717) is 6.54 Å². The molecule has 0 spiro atoms. The summed E-state index contributed by atoms with van der Waals surface area (Å²) in [5.41, 5.74) is 0. The third kappa shape index (κ3) is 1.05. The van der Waals surface area contributed by atoms with E-state index < -0.39 is 0 Å². The molecule has 1 fully saturated rings. The van der Waals surface area contributed by atoms with Crippen LogP contribution in [0, 0.1) is 6.42 Å². The molecule has 0 saturated carbocycles. The number of rotatable bonds is 1. The molecule has 1 amide bonds. The standard InChI is InChI=1S/C6H10NO2/c1-7-4-3-5(9-2)6(7)8/h3,5H,4H2,1-2H3. The summed E-state index contributed by atoms with van der Waals surface area (Å²) in [6.07, 6.45) is 1.55. The topological polar surface area (TPSA) is 29.5 Å². The van der Waals surface area contributed by atoms with E-state index in [2.05, 4.69) is 0 Å². The van der Waals surface area contributed by atoms with E-state index in [-0.39, 0.29) is 12.0 Å². The van der Waals surface area contributed by atoms with Crippen LogP contribution in [0.3, 0.4) is 0 Å². The maximum absolute atomic E-state index is 10.9. The first-order valence-corrected chi connectivity index (χ1v) is 2.87. The molecule has 1 radical (unpaired) electrons. The highest BCUT2D eigenvalue weighted by atomic mass is 16.5. The molecular formula is C6H10NO2. The van der Waals surface area contributed by atoms with Crippen molar-refractivity contribution >= 4 is 5.91 Å². The highest BCUT2D eigenvalue weighted by molar-refractivity contribution is 5.84. The summed E-state index contributed by atoms with van der Waals surface area (Å²) in [6.45, 7) is 0.706. The average Bonchev–Trinajstić information content (AvgIpc) is 2.15. The Balaban J connectivity index is 2.51. The molecule has 1 atom stereocenters. The Morgan fingerprint density at radius 2 is 2.56 bits per heavy atom. The second-order valence-corrected chi connectivity index (χ2v) is 2.11. The Bertz CT molecular complexity index is 124. The number of nitrogens with zero attached hydrogens (tertiary/aromatic N) is 1. The zero-order valence-electron chi connectivity index (χ0n) is 5.63. The minimum Gasteiger partial charge on any atom is -0.371 e. The largest absolute Gasteiger partial charge is 0.371 e. The fourth-order valence-electron chi connectivity index (χ4n) is 0.859. The van der Waals surface area contributed by atoms with Crippen LogP contribution in [0.15, 0.2) is 0 Å². The first kappa shape index (κ1) is 6.55. The van der Waals surface area contributed by atoms with Gasteiger partial charge in [0.25, 0.3) is 5.91 Å². The molecule has 1 aliphatic rings. The molecule has 0 N–H and O–H groups in total. The third-order valence-corrected chi connectivity index (χ3v) is 1.47. The van der Waals surface area contributed by atoms with E-state index in [1.165, 1.54) is 7.11 Å². The molecule has 1 rings (SSSR count). The molecule has 0 aromatic heterocycles. The number of amides is 1. The number of likely N-dealkylation sites (N-methyl/N-ethyl adjacent to an activating group) is 1. The van der Waals surface area contributed by atoms with Gasteiger partial charge in [-0.25, -0.2) is 0 Å². The molecule has 1 saturated heterocycles. The predicted molar refractivity (Wildman–Crippen MR) is 32.7 cm³/mol. The highest BCUT2D eigenvalue weighted by Crippen LogP contribution is 2.09. The van der Waals surface area contributed by atoms with E-state index in [1.54, 1.807) is 11.9 Å². The molecular weight excluding hydrogens is 118 g/mol. The van der Waals surface area contributed by atoms with E-state index in [9.17, 15) is 4.79 Å². The van der Waals surface area contributed by atoms with Crippen molar-refractivity contribution < 1.29 is 9.53 Å². The molecule has 9 heavy (non-hydrogen) atoms. The summed E-state index contributed by atoms with van der Waals surface area (Å²) in [7, 11) is 3.30. The van der Waals surface area contributed by atoms with Gasteiger partial charge in [-0.05, 0) is 0 Å². The molecule has 3 nitrogen and oxygen atoms in total. The van der Waals surface area contributed by atoms with Crippen molar-refractivity contribution in [1.29, 1.82) is 0 Å². The molecule has 0 aromatic carbocycles. The monoisotopic (exact) mass is 128 g/mol. The summed E-state index contributed by atoms with van der Waals surface area (Å²) >= 11 is 0. The fourth-order valence-corrected chi connectivity index (χ4v) is 0.859. The summed E-state index contributed by atoms with van der Waals surface area (Å²) in [6, 6.07) is 0. The van der Waals surface area contributed by atoms with Gasteiger partial charge < -0.3 is 9.64 Å². The second-order valence-electron chi connectivity index (χ2n) is 2.11. The van der Waals surface area contributed by atoms with Crippen LogP contribution in [0.5, 0.6) is 0 Å². The second kappa shape index (κ2) is 2.35. The van der Waals surface area contributed by atoms with E-state index >= 15 is 0 Å². The lowest BCUT2D eigenvalue weighted by molar-refractivity contribution is -0.134. The smallest absolute Gasteiger partial charge is 0.251 e. The lowest BCUT2D eigenvalue weighted by Crippen LogP contribution is -2.26. The summed E-state index contributed by atoms with van der Waals surface area (Å²) in [5, 5.41) is 0. The van der Waals surface area contributed by atoms with Crippen LogP contribution < -0.4 is 0 Å². The molecule has 0 bridgehead atoms. The van der Waals surface area contributed by atoms with Crippen molar-refractivity contribution in [3.8, 4) is 0 Å². The first-order valence-electron chi connectivity index (χ1n) is 2.87. The van der Waals surface area contributed by atoms with E-state index in [4.69, 9.17) is 4.74 Å². The van der Waals surface area contributed by atoms with Gasteiger partial charge in [-0.3, -0.25) is 4.79 Å². The highest BCUT2D eigenvalue weighted by Gasteiger charge is 2.28. The van der Waals surface area contributed by atoms with Gasteiger partial charge in [0.2, 0.25) is 0 Å². The van der Waals surface area contributed by atoms with Gasteiger partial charge in [-0.2, -0.15) is 0 Å². The lowest BCUT2D eigenvalue weighted by atomic mass is 10.3. The Hall–Kier alpha value is -0.570. The van der Waals surface area contributed by atoms with Crippen molar-refractivity contribution in [3.05, 3.63) is 6.42 Å². The molecule has 0 aromatic rings. The molecule has 0 aliphatic carbocycles. The van der Waals surface area contributed by atoms with Crippen molar-refractivity contribution in [3.63, 3.8) is 0 Å². The third-order valence-electron chi connectivity index (χ3n) is 1.47. The lowest BCUT2D eigenvalue weighted by Gasteiger charge is -2.07. The number of hydrogen-bond acceptors (Lipinski definition) is 2. The number of carbonyl (C=O) groups is 1. The average molecular weight is 128 g/mol. The summed E-state index contributed by atoms with van der Waals surface area (Å²) in [5.74, 6) is 0.0532. The molecule has 1 unspecified atom stereocenters. The van der Waals surface area contributed by atoms with Crippen molar-refractivity contribution in [2.45, 2.75) is 6.10 Å². The first-order chi connectivity index (χ1) is 4.25. The number of carbonyl (C=O) groups excluding carboxylic acids is 1. The normalized spacial score (nSPS) is 27.6. The summed E-state index contributed by atoms with van der Waals surface area (Å²) < 4.78 is 4.85. The molecule has 3 heteroatoms. The Morgan fingerprint density at radius 3 is 2.78 bits per heavy atom. The Kier molecular flexibility index (Phi) is 1.71. The van der Waals surface area contributed by atoms with Crippen LogP contribution in [0.2, 0.25) is 0 Å². The number of methoxy groups -OCH3 is 1. The van der Waals surface area contributed by atoms with Crippen LogP contribution in [-0.2, 0) is 9.53 Å². The van der Waals surface area contributed by atoms with Crippen molar-refractivity contribution in [2.75, 3.05) is 20.7 Å². The van der Waals surface area contributed by atoms with Crippen LogP contribution >= 0.6 is 0 Å². The molecule has 51 valence electrons. The van der Waals surface area contributed by atoms with Crippen LogP contribution in [-0.4, -0.2) is 37.6 Å². The van der Waals surface area contributed by atoms with Crippen LogP contribution in [0.1, 0.15) is 0 Å². The Labute approximate surface area is 54.6 Å². The SMILES string of the molecule is COC1[CH]CN(C)C1=O. The van der Waals surface area contributed by atoms with Gasteiger partial charge in [-0.1, -0.05) is 0 Å². The zero-order valence-corrected chi connectivity index (χ0v) is 5.63. The summed E-state index contributed by atoms with van der Waals surface area (Å²) in [4.78, 5) is 12.5. The van der Waals surface area contributed by atoms with Gasteiger partial charge in [0.15, 0.2) is 0 Å². The van der Waals surface area contributed by atoms with Crippen LogP contribution in [0.4, 0.5) is 0 Å². The quantitative estimate of drug-likeness (QED) is 0.484. The van der Waals surface area contributed by atoms with E-state index in [0.717, 1.165) is 0 Å². The van der Waals surface area contributed by atoms with Crippen LogP contribution in [0.25, 0.3) is 0 Å². The maximum Gasteiger partial charge on any atom is 0.251 e. The van der Waals surface area contributed by atoms with Gasteiger partial charge in [-0.15, -0.1) is 0 Å². The number of likely N-dealkylation sites (tertiary alicyclic amines) is 1. The predicted octanol–water partition coefficient (Wildman–Crippen LogP) is -0.322.